The topological polar surface area (TPSA) is 65.0 Å². The second-order valence-corrected chi connectivity index (χ2v) is 6.04. The zero-order valence-electron chi connectivity index (χ0n) is 14.5. The van der Waals surface area contributed by atoms with Crippen LogP contribution in [0, 0.1) is 5.92 Å². The molecule has 1 unspecified atom stereocenters. The molecule has 0 heterocycles. The van der Waals surface area contributed by atoms with Crippen molar-refractivity contribution in [2.24, 2.45) is 10.9 Å². The molecule has 0 aliphatic rings. The van der Waals surface area contributed by atoms with Gasteiger partial charge in [-0.3, -0.25) is 14.6 Å². The number of rotatable bonds is 8. The number of nitrogens with zero attached hydrogens (tertiary/aromatic N) is 1. The van der Waals surface area contributed by atoms with Gasteiger partial charge in [-0.1, -0.05) is 37.6 Å². The Labute approximate surface area is 148 Å². The van der Waals surface area contributed by atoms with Gasteiger partial charge in [-0.25, -0.2) is 0 Å². The first-order chi connectivity index (χ1) is 11.4. The fourth-order valence-electron chi connectivity index (χ4n) is 2.12. The van der Waals surface area contributed by atoms with Crippen LogP contribution in [0.3, 0.4) is 0 Å². The summed E-state index contributed by atoms with van der Waals surface area (Å²) in [6, 6.07) is 6.72. The van der Waals surface area contributed by atoms with Crippen molar-refractivity contribution in [3.63, 3.8) is 0 Å². The van der Waals surface area contributed by atoms with Crippen LogP contribution in [-0.2, 0) is 19.1 Å². The van der Waals surface area contributed by atoms with Crippen LogP contribution in [0.15, 0.2) is 29.3 Å². The van der Waals surface area contributed by atoms with Gasteiger partial charge in [-0.2, -0.15) is 0 Å². The summed E-state index contributed by atoms with van der Waals surface area (Å²) < 4.78 is 9.76. The molecule has 0 saturated carbocycles. The van der Waals surface area contributed by atoms with Crippen LogP contribution in [0.4, 0.5) is 0 Å². The number of aliphatic imine (C=N–C) groups is 1. The maximum atomic E-state index is 11.9. The Morgan fingerprint density at radius 1 is 1.17 bits per heavy atom. The first-order valence-electron chi connectivity index (χ1n) is 7.91. The minimum absolute atomic E-state index is 0.0566. The van der Waals surface area contributed by atoms with E-state index in [1.807, 2.05) is 26.0 Å². The molecule has 0 fully saturated rings. The third kappa shape index (κ3) is 6.71. The normalized spacial score (nSPS) is 12.8. The second-order valence-electron chi connectivity index (χ2n) is 5.60. The average molecular weight is 354 g/mol. The Morgan fingerprint density at radius 3 is 2.29 bits per heavy atom. The number of carbonyl (C=O) groups is 2. The summed E-state index contributed by atoms with van der Waals surface area (Å²) in [5.41, 5.74) is 1.53. The molecule has 0 aliphatic heterocycles. The Bertz CT molecular complexity index is 581. The Hall–Kier alpha value is -1.88. The number of halogens is 1. The molecule has 132 valence electrons. The van der Waals surface area contributed by atoms with Crippen molar-refractivity contribution in [1.29, 1.82) is 0 Å². The van der Waals surface area contributed by atoms with Gasteiger partial charge >= 0.3 is 11.9 Å². The standard InChI is InChI=1S/C18H24ClNO4/c1-5-24-18(22)11-16(13-6-8-14(19)9-7-13)20-15(12(2)3)10-17(21)23-4/h6-9,12,16H,5,10-11H2,1-4H3. The van der Waals surface area contributed by atoms with E-state index in [0.29, 0.717) is 17.3 Å². The van der Waals surface area contributed by atoms with Crippen LogP contribution in [0.2, 0.25) is 5.02 Å². The lowest BCUT2D eigenvalue weighted by Crippen LogP contribution is -2.18. The van der Waals surface area contributed by atoms with Crippen LogP contribution in [0.1, 0.15) is 45.2 Å². The van der Waals surface area contributed by atoms with E-state index < -0.39 is 6.04 Å². The number of ether oxygens (including phenoxy) is 2. The van der Waals surface area contributed by atoms with Crippen LogP contribution in [0.5, 0.6) is 0 Å². The lowest BCUT2D eigenvalue weighted by molar-refractivity contribution is -0.143. The van der Waals surface area contributed by atoms with Crippen molar-refractivity contribution >= 4 is 29.3 Å². The zero-order chi connectivity index (χ0) is 18.1. The lowest BCUT2D eigenvalue weighted by Gasteiger charge is -2.17. The first kappa shape index (κ1) is 20.2. The molecule has 1 aromatic rings. The van der Waals surface area contributed by atoms with E-state index in [2.05, 4.69) is 4.99 Å². The van der Waals surface area contributed by atoms with Crippen LogP contribution >= 0.6 is 11.6 Å². The van der Waals surface area contributed by atoms with Gasteiger partial charge in [0.1, 0.15) is 0 Å². The maximum absolute atomic E-state index is 11.9. The van der Waals surface area contributed by atoms with Crippen molar-refractivity contribution in [2.45, 2.75) is 39.7 Å². The van der Waals surface area contributed by atoms with Gasteiger partial charge in [0.15, 0.2) is 0 Å². The minimum atomic E-state index is -0.427. The van der Waals surface area contributed by atoms with E-state index in [-0.39, 0.29) is 30.7 Å². The molecular weight excluding hydrogens is 330 g/mol. The van der Waals surface area contributed by atoms with Crippen LogP contribution in [-0.4, -0.2) is 31.4 Å². The van der Waals surface area contributed by atoms with Crippen LogP contribution < -0.4 is 0 Å². The third-order valence-electron chi connectivity index (χ3n) is 3.46. The summed E-state index contributed by atoms with van der Waals surface area (Å²) in [5, 5.41) is 0.608. The molecule has 0 aromatic heterocycles. The van der Waals surface area contributed by atoms with Gasteiger partial charge in [0.05, 0.1) is 32.6 Å². The number of methoxy groups -OCH3 is 1. The van der Waals surface area contributed by atoms with E-state index in [1.54, 1.807) is 19.1 Å². The van der Waals surface area contributed by atoms with E-state index in [1.165, 1.54) is 7.11 Å². The SMILES string of the molecule is CCOC(=O)CC(N=C(CC(=O)OC)C(C)C)c1ccc(Cl)cc1. The van der Waals surface area contributed by atoms with E-state index in [0.717, 1.165) is 5.56 Å². The van der Waals surface area contributed by atoms with Gasteiger partial charge in [0.2, 0.25) is 0 Å². The highest BCUT2D eigenvalue weighted by atomic mass is 35.5. The van der Waals surface area contributed by atoms with Gasteiger partial charge in [-0.15, -0.1) is 0 Å². The number of carbonyl (C=O) groups excluding carboxylic acids is 2. The zero-order valence-corrected chi connectivity index (χ0v) is 15.3. The van der Waals surface area contributed by atoms with E-state index in [4.69, 9.17) is 21.1 Å². The van der Waals surface area contributed by atoms with Crippen molar-refractivity contribution < 1.29 is 19.1 Å². The molecule has 24 heavy (non-hydrogen) atoms. The molecule has 0 spiro atoms. The monoisotopic (exact) mass is 353 g/mol. The van der Waals surface area contributed by atoms with Crippen molar-refractivity contribution in [2.75, 3.05) is 13.7 Å². The molecule has 0 aliphatic carbocycles. The number of esters is 2. The molecule has 5 nitrogen and oxygen atoms in total. The van der Waals surface area contributed by atoms with Crippen molar-refractivity contribution in [3.05, 3.63) is 34.9 Å². The number of benzene rings is 1. The number of hydrogen-bond acceptors (Lipinski definition) is 5. The molecule has 0 bridgehead atoms. The Morgan fingerprint density at radius 2 is 1.79 bits per heavy atom. The molecular formula is C18H24ClNO4. The fourth-order valence-corrected chi connectivity index (χ4v) is 2.25. The smallest absolute Gasteiger partial charge is 0.311 e. The summed E-state index contributed by atoms with van der Waals surface area (Å²) in [7, 11) is 1.34. The lowest BCUT2D eigenvalue weighted by atomic mass is 10.0. The predicted molar refractivity (Wildman–Crippen MR) is 94.3 cm³/mol. The molecule has 1 aromatic carbocycles. The molecule has 0 amide bonds. The third-order valence-corrected chi connectivity index (χ3v) is 3.71. The molecule has 0 saturated heterocycles. The van der Waals surface area contributed by atoms with Gasteiger partial charge in [0.25, 0.3) is 0 Å². The fraction of sp³-hybridized carbons (Fsp3) is 0.500. The quantitative estimate of drug-likeness (QED) is 0.523. The molecule has 1 atom stereocenters. The highest BCUT2D eigenvalue weighted by Gasteiger charge is 2.20. The Balaban J connectivity index is 3.13. The van der Waals surface area contributed by atoms with Gasteiger partial charge in [0, 0.05) is 10.7 Å². The maximum Gasteiger partial charge on any atom is 0.311 e. The highest BCUT2D eigenvalue weighted by molar-refractivity contribution is 6.30. The molecule has 0 N–H and O–H groups in total. The molecule has 1 rings (SSSR count). The Kier molecular flexibility index (Phi) is 8.47. The highest BCUT2D eigenvalue weighted by Crippen LogP contribution is 2.25. The van der Waals surface area contributed by atoms with Crippen LogP contribution in [0.25, 0.3) is 0 Å². The summed E-state index contributed by atoms with van der Waals surface area (Å²) in [4.78, 5) is 28.2. The van der Waals surface area contributed by atoms with E-state index in [9.17, 15) is 9.59 Å². The van der Waals surface area contributed by atoms with E-state index >= 15 is 0 Å². The first-order valence-corrected chi connectivity index (χ1v) is 8.29. The second kappa shape index (κ2) is 10.1. The summed E-state index contributed by atoms with van der Waals surface area (Å²) in [6.07, 6.45) is 0.202. The van der Waals surface area contributed by atoms with Crippen molar-refractivity contribution in [1.82, 2.24) is 0 Å². The molecule has 0 radical (unpaired) electrons. The van der Waals surface area contributed by atoms with Gasteiger partial charge in [-0.05, 0) is 30.5 Å². The largest absolute Gasteiger partial charge is 0.469 e. The minimum Gasteiger partial charge on any atom is -0.469 e. The molecule has 6 heteroatoms. The number of hydrogen-bond donors (Lipinski definition) is 0. The summed E-state index contributed by atoms with van der Waals surface area (Å²) in [5.74, 6) is -0.628. The predicted octanol–water partition coefficient (Wildman–Crippen LogP) is 3.99. The summed E-state index contributed by atoms with van der Waals surface area (Å²) in [6.45, 7) is 5.97. The van der Waals surface area contributed by atoms with Crippen molar-refractivity contribution in [3.8, 4) is 0 Å². The average Bonchev–Trinajstić information content (AvgIpc) is 2.54. The van der Waals surface area contributed by atoms with Gasteiger partial charge < -0.3 is 9.47 Å². The summed E-state index contributed by atoms with van der Waals surface area (Å²) >= 11 is 5.93.